The van der Waals surface area contributed by atoms with Gasteiger partial charge in [-0.05, 0) is 27.8 Å². The molecule has 2 saturated heterocycles. The van der Waals surface area contributed by atoms with Crippen LogP contribution >= 0.6 is 15.9 Å². The Bertz CT molecular complexity index is 484. The highest BCUT2D eigenvalue weighted by atomic mass is 79.9. The van der Waals surface area contributed by atoms with Crippen molar-refractivity contribution in [2.75, 3.05) is 31.1 Å². The smallest absolute Gasteiger partial charge is 0.311 e. The summed E-state index contributed by atoms with van der Waals surface area (Å²) in [5, 5.41) is 14.4. The first kappa shape index (κ1) is 11.9. The van der Waals surface area contributed by atoms with Crippen LogP contribution in [-0.2, 0) is 0 Å². The first-order valence-corrected chi connectivity index (χ1v) is 6.69. The highest BCUT2D eigenvalue weighted by Crippen LogP contribution is 2.39. The van der Waals surface area contributed by atoms with Crippen molar-refractivity contribution in [3.05, 3.63) is 27.0 Å². The molecule has 0 unspecified atom stereocenters. The number of anilines is 1. The fraction of sp³-hybridized carbons (Fsp3) is 0.545. The highest BCUT2D eigenvalue weighted by molar-refractivity contribution is 9.10. The molecule has 7 heteroatoms. The van der Waals surface area contributed by atoms with Crippen LogP contribution in [0.25, 0.3) is 0 Å². The zero-order valence-corrected chi connectivity index (χ0v) is 11.3. The number of aromatic nitrogens is 1. The number of fused-ring (bicyclic) bond motifs is 1. The average molecular weight is 313 g/mol. The lowest BCUT2D eigenvalue weighted by Crippen LogP contribution is -2.26. The molecule has 3 heterocycles. The molecule has 18 heavy (non-hydrogen) atoms. The van der Waals surface area contributed by atoms with Gasteiger partial charge in [-0.1, -0.05) is 0 Å². The molecule has 0 saturated carbocycles. The summed E-state index contributed by atoms with van der Waals surface area (Å²) in [6.07, 6.45) is 2.95. The molecular formula is C11H13BrN4O2. The van der Waals surface area contributed by atoms with Crippen molar-refractivity contribution in [2.24, 2.45) is 11.8 Å². The maximum atomic E-state index is 11.1. The number of nitro groups is 1. The molecule has 3 rings (SSSR count). The molecule has 0 aliphatic carbocycles. The van der Waals surface area contributed by atoms with E-state index in [2.05, 4.69) is 31.1 Å². The van der Waals surface area contributed by atoms with Gasteiger partial charge >= 0.3 is 5.69 Å². The van der Waals surface area contributed by atoms with Crippen LogP contribution < -0.4 is 10.2 Å². The van der Waals surface area contributed by atoms with E-state index in [4.69, 9.17) is 0 Å². The quantitative estimate of drug-likeness (QED) is 0.660. The SMILES string of the molecule is O=[N+]([O-])c1cncc(Br)c1N1C[C@H]2CNC[C@H]2C1. The average Bonchev–Trinajstić information content (AvgIpc) is 2.88. The number of halogens is 1. The molecule has 2 aliphatic heterocycles. The first-order valence-electron chi connectivity index (χ1n) is 5.90. The Morgan fingerprint density at radius 3 is 2.67 bits per heavy atom. The molecule has 2 fully saturated rings. The molecule has 0 spiro atoms. The van der Waals surface area contributed by atoms with Gasteiger partial charge in [0.05, 0.1) is 9.40 Å². The largest absolute Gasteiger partial charge is 0.364 e. The molecule has 2 aliphatic rings. The Hall–Kier alpha value is -1.21. The number of nitrogens with zero attached hydrogens (tertiary/aromatic N) is 3. The number of rotatable bonds is 2. The van der Waals surface area contributed by atoms with Crippen molar-refractivity contribution in [2.45, 2.75) is 0 Å². The summed E-state index contributed by atoms with van der Waals surface area (Å²) in [5.41, 5.74) is 0.752. The lowest BCUT2D eigenvalue weighted by atomic mass is 10.0. The molecule has 1 aromatic rings. The second-order valence-corrected chi connectivity index (χ2v) is 5.68. The van der Waals surface area contributed by atoms with Crippen molar-refractivity contribution < 1.29 is 4.92 Å². The van der Waals surface area contributed by atoms with Gasteiger partial charge in [-0.25, -0.2) is 0 Å². The lowest BCUT2D eigenvalue weighted by Gasteiger charge is -2.20. The van der Waals surface area contributed by atoms with Gasteiger partial charge in [0.25, 0.3) is 0 Å². The van der Waals surface area contributed by atoms with Crippen LogP contribution in [0.5, 0.6) is 0 Å². The first-order chi connectivity index (χ1) is 8.66. The summed E-state index contributed by atoms with van der Waals surface area (Å²) in [6.45, 7) is 3.78. The van der Waals surface area contributed by atoms with E-state index < -0.39 is 0 Å². The van der Waals surface area contributed by atoms with E-state index >= 15 is 0 Å². The van der Waals surface area contributed by atoms with E-state index in [0.717, 1.165) is 26.2 Å². The minimum atomic E-state index is -0.362. The van der Waals surface area contributed by atoms with Crippen LogP contribution in [0.2, 0.25) is 0 Å². The summed E-state index contributed by atoms with van der Waals surface area (Å²) in [5.74, 6) is 1.20. The van der Waals surface area contributed by atoms with Gasteiger partial charge in [0.1, 0.15) is 11.9 Å². The van der Waals surface area contributed by atoms with Gasteiger partial charge in [-0.15, -0.1) is 0 Å². The standard InChI is InChI=1S/C11H13BrN4O2/c12-9-3-14-4-10(16(17)18)11(9)15-5-7-1-13-2-8(7)6-15/h3-4,7-8,13H,1-2,5-6H2/t7-,8+. The Morgan fingerprint density at radius 2 is 2.06 bits per heavy atom. The fourth-order valence-corrected chi connectivity index (χ4v) is 3.47. The van der Waals surface area contributed by atoms with Crippen molar-refractivity contribution >= 4 is 27.3 Å². The minimum absolute atomic E-state index is 0.0808. The molecule has 1 aromatic heterocycles. The maximum absolute atomic E-state index is 11.1. The van der Waals surface area contributed by atoms with E-state index in [1.54, 1.807) is 6.20 Å². The molecular weight excluding hydrogens is 300 g/mol. The van der Waals surface area contributed by atoms with Crippen LogP contribution in [0.4, 0.5) is 11.4 Å². The third-order valence-electron chi connectivity index (χ3n) is 3.76. The number of nitrogens with one attached hydrogen (secondary N) is 1. The van der Waals surface area contributed by atoms with Crippen LogP contribution in [0, 0.1) is 22.0 Å². The summed E-state index contributed by atoms with van der Waals surface area (Å²) in [6, 6.07) is 0. The molecule has 1 N–H and O–H groups in total. The van der Waals surface area contributed by atoms with Crippen molar-refractivity contribution in [1.29, 1.82) is 0 Å². The molecule has 96 valence electrons. The van der Waals surface area contributed by atoms with Crippen LogP contribution in [0.3, 0.4) is 0 Å². The summed E-state index contributed by atoms with van der Waals surface area (Å²) in [7, 11) is 0. The van der Waals surface area contributed by atoms with Crippen molar-refractivity contribution in [3.63, 3.8) is 0 Å². The summed E-state index contributed by atoms with van der Waals surface area (Å²) < 4.78 is 0.699. The summed E-state index contributed by atoms with van der Waals surface area (Å²) >= 11 is 3.38. The van der Waals surface area contributed by atoms with Crippen LogP contribution in [0.15, 0.2) is 16.9 Å². The Kier molecular flexibility index (Phi) is 2.95. The molecule has 2 atom stereocenters. The second kappa shape index (κ2) is 4.47. The van der Waals surface area contributed by atoms with Crippen LogP contribution in [0.1, 0.15) is 0 Å². The zero-order chi connectivity index (χ0) is 12.7. The monoisotopic (exact) mass is 312 g/mol. The number of hydrogen-bond donors (Lipinski definition) is 1. The summed E-state index contributed by atoms with van der Waals surface area (Å²) in [4.78, 5) is 16.7. The van der Waals surface area contributed by atoms with E-state index in [-0.39, 0.29) is 10.6 Å². The predicted molar refractivity (Wildman–Crippen MR) is 70.7 cm³/mol. The molecule has 0 aromatic carbocycles. The fourth-order valence-electron chi connectivity index (χ4n) is 2.90. The Labute approximate surface area is 113 Å². The van der Waals surface area contributed by atoms with Gasteiger partial charge in [0.2, 0.25) is 0 Å². The molecule has 0 bridgehead atoms. The number of hydrogen-bond acceptors (Lipinski definition) is 5. The van der Waals surface area contributed by atoms with Gasteiger partial charge in [-0.2, -0.15) is 0 Å². The second-order valence-electron chi connectivity index (χ2n) is 4.83. The maximum Gasteiger partial charge on any atom is 0.311 e. The van der Waals surface area contributed by atoms with Crippen LogP contribution in [-0.4, -0.2) is 36.1 Å². The van der Waals surface area contributed by atoms with Gasteiger partial charge in [0, 0.05) is 32.4 Å². The van der Waals surface area contributed by atoms with Gasteiger partial charge in [-0.3, -0.25) is 15.1 Å². The topological polar surface area (TPSA) is 71.3 Å². The minimum Gasteiger partial charge on any atom is -0.364 e. The Morgan fingerprint density at radius 1 is 1.39 bits per heavy atom. The zero-order valence-electron chi connectivity index (χ0n) is 9.67. The van der Waals surface area contributed by atoms with E-state index in [9.17, 15) is 10.1 Å². The van der Waals surface area contributed by atoms with Gasteiger partial charge in [0.15, 0.2) is 0 Å². The normalized spacial score (nSPS) is 26.4. The third-order valence-corrected chi connectivity index (χ3v) is 4.34. The highest BCUT2D eigenvalue weighted by Gasteiger charge is 2.38. The van der Waals surface area contributed by atoms with E-state index in [1.165, 1.54) is 6.20 Å². The van der Waals surface area contributed by atoms with Crippen molar-refractivity contribution in [3.8, 4) is 0 Å². The molecule has 0 amide bonds. The lowest BCUT2D eigenvalue weighted by molar-refractivity contribution is -0.384. The number of pyridine rings is 1. The van der Waals surface area contributed by atoms with E-state index in [1.807, 2.05) is 0 Å². The van der Waals surface area contributed by atoms with Gasteiger partial charge < -0.3 is 10.2 Å². The van der Waals surface area contributed by atoms with E-state index in [0.29, 0.717) is 22.0 Å². The third kappa shape index (κ3) is 1.87. The molecule has 6 nitrogen and oxygen atoms in total. The Balaban J connectivity index is 1.95. The predicted octanol–water partition coefficient (Wildman–Crippen LogP) is 1.41. The molecule has 0 radical (unpaired) electrons. The van der Waals surface area contributed by atoms with Crippen molar-refractivity contribution in [1.82, 2.24) is 10.3 Å².